The maximum atomic E-state index is 11.6. The van der Waals surface area contributed by atoms with Crippen molar-refractivity contribution >= 4 is 11.6 Å². The van der Waals surface area contributed by atoms with E-state index in [1.807, 2.05) is 0 Å². The van der Waals surface area contributed by atoms with Crippen LogP contribution in [0.4, 0.5) is 0 Å². The van der Waals surface area contributed by atoms with Gasteiger partial charge in [0.05, 0.1) is 12.0 Å². The predicted octanol–water partition coefficient (Wildman–Crippen LogP) is -0.301. The van der Waals surface area contributed by atoms with Crippen LogP contribution in [0.2, 0.25) is 0 Å². The third-order valence-corrected chi connectivity index (χ3v) is 3.20. The Bertz CT molecular complexity index is 524. The van der Waals surface area contributed by atoms with Crippen molar-refractivity contribution < 1.29 is 4.74 Å². The molecule has 1 aromatic heterocycles. The van der Waals surface area contributed by atoms with Crippen molar-refractivity contribution in [2.45, 2.75) is 31.7 Å². The Morgan fingerprint density at radius 3 is 2.94 bits per heavy atom. The number of H-pyrrole nitrogens is 1. The number of alkyl halides is 1. The number of ether oxygens (including phenoxy) is 1. The Kier molecular flexibility index (Phi) is 3.37. The quantitative estimate of drug-likeness (QED) is 0.714. The second kappa shape index (κ2) is 4.64. The largest absolute Gasteiger partial charge is 0.352 e. The molecule has 1 fully saturated rings. The molecule has 2 rings (SSSR count). The molecule has 1 aromatic rings. The van der Waals surface area contributed by atoms with Crippen molar-refractivity contribution in [2.75, 3.05) is 5.88 Å². The SMILES string of the molecule is Cc1cn([C@H]2CC(N)[C@@H](CCl)O2)c(=O)[nH]c1=O. The van der Waals surface area contributed by atoms with Gasteiger partial charge in [-0.3, -0.25) is 14.3 Å². The molecule has 0 aromatic carbocycles. The van der Waals surface area contributed by atoms with E-state index in [1.165, 1.54) is 10.8 Å². The van der Waals surface area contributed by atoms with Gasteiger partial charge < -0.3 is 10.5 Å². The van der Waals surface area contributed by atoms with Crippen LogP contribution in [-0.2, 0) is 4.74 Å². The Morgan fingerprint density at radius 2 is 2.35 bits per heavy atom. The Hall–Kier alpha value is -1.11. The summed E-state index contributed by atoms with van der Waals surface area (Å²) in [5.41, 5.74) is 5.41. The number of nitrogens with zero attached hydrogens (tertiary/aromatic N) is 1. The molecule has 0 saturated carbocycles. The van der Waals surface area contributed by atoms with E-state index in [9.17, 15) is 9.59 Å². The number of halogens is 1. The average Bonchev–Trinajstić information content (AvgIpc) is 2.65. The zero-order chi connectivity index (χ0) is 12.6. The van der Waals surface area contributed by atoms with Crippen molar-refractivity contribution in [2.24, 2.45) is 5.73 Å². The van der Waals surface area contributed by atoms with Gasteiger partial charge in [0, 0.05) is 24.2 Å². The molecule has 1 aliphatic heterocycles. The van der Waals surface area contributed by atoms with Crippen molar-refractivity contribution in [3.8, 4) is 0 Å². The second-order valence-corrected chi connectivity index (χ2v) is 4.47. The van der Waals surface area contributed by atoms with E-state index in [4.69, 9.17) is 22.1 Å². The van der Waals surface area contributed by atoms with Crippen molar-refractivity contribution in [3.05, 3.63) is 32.6 Å². The van der Waals surface area contributed by atoms with Gasteiger partial charge >= 0.3 is 5.69 Å². The van der Waals surface area contributed by atoms with Crippen LogP contribution in [0.15, 0.2) is 15.8 Å². The lowest BCUT2D eigenvalue weighted by Gasteiger charge is -2.14. The fraction of sp³-hybridized carbons (Fsp3) is 0.600. The summed E-state index contributed by atoms with van der Waals surface area (Å²) in [7, 11) is 0. The van der Waals surface area contributed by atoms with Crippen LogP contribution in [0.25, 0.3) is 0 Å². The molecule has 1 aliphatic rings. The number of aromatic amines is 1. The molecule has 3 N–H and O–H groups in total. The van der Waals surface area contributed by atoms with Crippen molar-refractivity contribution in [3.63, 3.8) is 0 Å². The van der Waals surface area contributed by atoms with E-state index in [-0.39, 0.29) is 23.6 Å². The van der Waals surface area contributed by atoms with Crippen LogP contribution in [-0.4, -0.2) is 27.6 Å². The number of aryl methyl sites for hydroxylation is 1. The van der Waals surface area contributed by atoms with Crippen LogP contribution in [0.5, 0.6) is 0 Å². The summed E-state index contributed by atoms with van der Waals surface area (Å²) in [6.07, 6.45) is 1.26. The van der Waals surface area contributed by atoms with Crippen molar-refractivity contribution in [1.29, 1.82) is 0 Å². The van der Waals surface area contributed by atoms with Crippen LogP contribution in [0, 0.1) is 6.92 Å². The normalized spacial score (nSPS) is 28.5. The lowest BCUT2D eigenvalue weighted by atomic mass is 10.1. The highest BCUT2D eigenvalue weighted by Gasteiger charge is 2.33. The number of nitrogens with one attached hydrogen (secondary N) is 1. The molecule has 7 heteroatoms. The van der Waals surface area contributed by atoms with E-state index in [2.05, 4.69) is 4.98 Å². The summed E-state index contributed by atoms with van der Waals surface area (Å²) in [6.45, 7) is 1.63. The van der Waals surface area contributed by atoms with Crippen LogP contribution in [0.1, 0.15) is 18.2 Å². The first-order valence-corrected chi connectivity index (χ1v) is 5.85. The minimum atomic E-state index is -0.493. The van der Waals surface area contributed by atoms with Gasteiger partial charge in [0.25, 0.3) is 5.56 Å². The van der Waals surface area contributed by atoms with E-state index < -0.39 is 11.9 Å². The van der Waals surface area contributed by atoms with Gasteiger partial charge in [0.2, 0.25) is 0 Å². The first kappa shape index (κ1) is 12.3. The molecule has 0 bridgehead atoms. The summed E-state index contributed by atoms with van der Waals surface area (Å²) < 4.78 is 6.92. The topological polar surface area (TPSA) is 90.1 Å². The van der Waals surface area contributed by atoms with E-state index in [0.717, 1.165) is 0 Å². The zero-order valence-electron chi connectivity index (χ0n) is 9.35. The first-order chi connectivity index (χ1) is 8.02. The fourth-order valence-electron chi connectivity index (χ4n) is 1.87. The van der Waals surface area contributed by atoms with E-state index in [1.54, 1.807) is 6.92 Å². The van der Waals surface area contributed by atoms with Crippen LogP contribution < -0.4 is 17.0 Å². The molecule has 1 unspecified atom stereocenters. The third-order valence-electron chi connectivity index (χ3n) is 2.89. The molecule has 2 heterocycles. The predicted molar refractivity (Wildman–Crippen MR) is 63.3 cm³/mol. The molecule has 0 radical (unpaired) electrons. The maximum Gasteiger partial charge on any atom is 0.330 e. The van der Waals surface area contributed by atoms with Gasteiger partial charge in [-0.05, 0) is 6.92 Å². The van der Waals surface area contributed by atoms with Crippen LogP contribution >= 0.6 is 11.6 Å². The first-order valence-electron chi connectivity index (χ1n) is 5.32. The molecule has 6 nitrogen and oxygen atoms in total. The Labute approximate surface area is 102 Å². The van der Waals surface area contributed by atoms with Gasteiger partial charge in [-0.25, -0.2) is 4.79 Å². The average molecular weight is 260 g/mol. The third kappa shape index (κ3) is 2.29. The highest BCUT2D eigenvalue weighted by atomic mass is 35.5. The number of hydrogen-bond donors (Lipinski definition) is 2. The van der Waals surface area contributed by atoms with Gasteiger partial charge in [-0.1, -0.05) is 0 Å². The number of nitrogens with two attached hydrogens (primary N) is 1. The lowest BCUT2D eigenvalue weighted by Crippen LogP contribution is -2.33. The monoisotopic (exact) mass is 259 g/mol. The molecule has 94 valence electrons. The molecule has 0 spiro atoms. The van der Waals surface area contributed by atoms with Gasteiger partial charge in [-0.2, -0.15) is 0 Å². The van der Waals surface area contributed by atoms with Crippen LogP contribution in [0.3, 0.4) is 0 Å². The van der Waals surface area contributed by atoms with Gasteiger partial charge in [0.15, 0.2) is 0 Å². The lowest BCUT2D eigenvalue weighted by molar-refractivity contribution is 0.00755. The highest BCUT2D eigenvalue weighted by Crippen LogP contribution is 2.26. The smallest absolute Gasteiger partial charge is 0.330 e. The molecule has 3 atom stereocenters. The molecule has 0 amide bonds. The molecule has 0 aliphatic carbocycles. The van der Waals surface area contributed by atoms with Gasteiger partial charge in [-0.15, -0.1) is 11.6 Å². The summed E-state index contributed by atoms with van der Waals surface area (Å²) in [5, 5.41) is 0. The molecule has 17 heavy (non-hydrogen) atoms. The number of hydrogen-bond acceptors (Lipinski definition) is 4. The highest BCUT2D eigenvalue weighted by molar-refractivity contribution is 6.18. The summed E-state index contributed by atoms with van der Waals surface area (Å²) >= 11 is 5.70. The zero-order valence-corrected chi connectivity index (χ0v) is 10.1. The standard InChI is InChI=1S/C10H14ClN3O3/c1-5-4-14(10(16)13-9(5)15)8-2-6(12)7(3-11)17-8/h4,6-8H,2-3,12H2,1H3,(H,13,15,16)/t6?,7-,8-/m1/s1. The second-order valence-electron chi connectivity index (χ2n) is 4.16. The minimum absolute atomic E-state index is 0.198. The Morgan fingerprint density at radius 1 is 1.65 bits per heavy atom. The summed E-state index contributed by atoms with van der Waals surface area (Å²) in [5.74, 6) is 0.286. The number of rotatable bonds is 2. The Balaban J connectivity index is 2.34. The van der Waals surface area contributed by atoms with E-state index >= 15 is 0 Å². The molecular weight excluding hydrogens is 246 g/mol. The van der Waals surface area contributed by atoms with Gasteiger partial charge in [0.1, 0.15) is 6.23 Å². The van der Waals surface area contributed by atoms with Crippen molar-refractivity contribution in [1.82, 2.24) is 9.55 Å². The summed E-state index contributed by atoms with van der Waals surface area (Å²) in [4.78, 5) is 25.1. The summed E-state index contributed by atoms with van der Waals surface area (Å²) in [6, 6.07) is -0.198. The molecule has 1 saturated heterocycles. The fourth-order valence-corrected chi connectivity index (χ4v) is 2.17. The number of aromatic nitrogens is 2. The van der Waals surface area contributed by atoms with E-state index in [0.29, 0.717) is 12.0 Å². The molecular formula is C10H14ClN3O3. The maximum absolute atomic E-state index is 11.6. The minimum Gasteiger partial charge on any atom is -0.352 e.